The van der Waals surface area contributed by atoms with E-state index in [-0.39, 0.29) is 17.2 Å². The Morgan fingerprint density at radius 1 is 1.18 bits per heavy atom. The number of carbonyl (C=O) groups is 1. The maximum atomic E-state index is 12.4. The van der Waals surface area contributed by atoms with Gasteiger partial charge in [-0.3, -0.25) is 9.59 Å². The molecule has 0 saturated carbocycles. The van der Waals surface area contributed by atoms with Crippen LogP contribution < -0.4 is 10.9 Å². The predicted octanol–water partition coefficient (Wildman–Crippen LogP) is 4.71. The lowest BCUT2D eigenvalue weighted by molar-refractivity contribution is -0.113. The first-order valence-corrected chi connectivity index (χ1v) is 10.2. The van der Waals surface area contributed by atoms with Crippen LogP contribution in [0.15, 0.2) is 58.5 Å². The summed E-state index contributed by atoms with van der Waals surface area (Å²) in [7, 11) is 0. The summed E-state index contributed by atoms with van der Waals surface area (Å²) in [5.74, 6) is -0.202. The van der Waals surface area contributed by atoms with Crippen molar-refractivity contribution < 1.29 is 4.79 Å². The Bertz CT molecular complexity index is 1060. The highest BCUT2D eigenvalue weighted by Crippen LogP contribution is 2.25. The standard InChI is InChI=1S/C20H17Cl2N3O2S/c1-12-15(9-13-5-3-2-4-6-13)19(27)25-20(23-12)28-11-18(26)24-17-10-14(21)7-8-16(17)22/h2-8,10H,9,11H2,1H3,(H,24,26)(H,23,25,27). The largest absolute Gasteiger partial charge is 0.324 e. The zero-order valence-electron chi connectivity index (χ0n) is 15.0. The molecule has 5 nitrogen and oxygen atoms in total. The summed E-state index contributed by atoms with van der Waals surface area (Å²) < 4.78 is 0. The van der Waals surface area contributed by atoms with E-state index in [9.17, 15) is 9.59 Å². The molecule has 0 atom stereocenters. The Labute approximate surface area is 176 Å². The van der Waals surface area contributed by atoms with Crippen LogP contribution in [-0.2, 0) is 11.2 Å². The van der Waals surface area contributed by atoms with Gasteiger partial charge in [-0.2, -0.15) is 0 Å². The molecule has 0 aliphatic rings. The molecule has 2 aromatic carbocycles. The van der Waals surface area contributed by atoms with Crippen molar-refractivity contribution >= 4 is 46.6 Å². The van der Waals surface area contributed by atoms with Crippen LogP contribution in [-0.4, -0.2) is 21.6 Å². The number of rotatable bonds is 6. The first-order chi connectivity index (χ1) is 13.4. The van der Waals surface area contributed by atoms with Crippen LogP contribution in [0.2, 0.25) is 10.0 Å². The molecule has 2 N–H and O–H groups in total. The molecular formula is C20H17Cl2N3O2S. The monoisotopic (exact) mass is 433 g/mol. The fourth-order valence-electron chi connectivity index (χ4n) is 2.57. The summed E-state index contributed by atoms with van der Waals surface area (Å²) in [5, 5.41) is 3.97. The first kappa shape index (κ1) is 20.5. The number of aryl methyl sites for hydroxylation is 1. The molecule has 1 aromatic heterocycles. The van der Waals surface area contributed by atoms with Crippen molar-refractivity contribution in [2.24, 2.45) is 0 Å². The molecular weight excluding hydrogens is 417 g/mol. The molecule has 28 heavy (non-hydrogen) atoms. The van der Waals surface area contributed by atoms with E-state index in [0.29, 0.717) is 38.6 Å². The van der Waals surface area contributed by atoms with Gasteiger partial charge in [0.1, 0.15) is 0 Å². The number of nitrogens with zero attached hydrogens (tertiary/aromatic N) is 1. The van der Waals surface area contributed by atoms with E-state index < -0.39 is 0 Å². The van der Waals surface area contributed by atoms with E-state index in [1.54, 1.807) is 25.1 Å². The minimum absolute atomic E-state index is 0.0727. The van der Waals surface area contributed by atoms with Gasteiger partial charge in [0.2, 0.25) is 5.91 Å². The molecule has 144 valence electrons. The fourth-order valence-corrected chi connectivity index (χ4v) is 3.62. The Balaban J connectivity index is 1.65. The summed E-state index contributed by atoms with van der Waals surface area (Å²) >= 11 is 13.1. The van der Waals surface area contributed by atoms with Crippen molar-refractivity contribution in [3.63, 3.8) is 0 Å². The Morgan fingerprint density at radius 3 is 2.64 bits per heavy atom. The Hall–Kier alpha value is -2.28. The third-order valence-electron chi connectivity index (χ3n) is 3.97. The van der Waals surface area contributed by atoms with Gasteiger partial charge in [0, 0.05) is 22.7 Å². The molecule has 0 bridgehead atoms. The van der Waals surface area contributed by atoms with Crippen LogP contribution >= 0.6 is 35.0 Å². The number of carbonyl (C=O) groups excluding carboxylic acids is 1. The summed E-state index contributed by atoms with van der Waals surface area (Å²) in [4.78, 5) is 31.8. The quantitative estimate of drug-likeness (QED) is 0.436. The highest BCUT2D eigenvalue weighted by Gasteiger charge is 2.12. The average molecular weight is 434 g/mol. The van der Waals surface area contributed by atoms with Crippen molar-refractivity contribution in [2.45, 2.75) is 18.5 Å². The van der Waals surface area contributed by atoms with Gasteiger partial charge in [0.25, 0.3) is 5.56 Å². The third-order valence-corrected chi connectivity index (χ3v) is 5.40. The summed E-state index contributed by atoms with van der Waals surface area (Å²) in [6.45, 7) is 1.80. The van der Waals surface area contributed by atoms with Gasteiger partial charge >= 0.3 is 0 Å². The van der Waals surface area contributed by atoms with Crippen LogP contribution in [0.4, 0.5) is 5.69 Å². The molecule has 0 saturated heterocycles. The van der Waals surface area contributed by atoms with Gasteiger partial charge in [0.15, 0.2) is 5.16 Å². The van der Waals surface area contributed by atoms with E-state index in [2.05, 4.69) is 15.3 Å². The zero-order valence-corrected chi connectivity index (χ0v) is 17.3. The lowest BCUT2D eigenvalue weighted by Crippen LogP contribution is -2.19. The van der Waals surface area contributed by atoms with E-state index in [1.807, 2.05) is 30.3 Å². The second kappa shape index (κ2) is 9.28. The smallest absolute Gasteiger partial charge is 0.255 e. The SMILES string of the molecule is Cc1nc(SCC(=O)Nc2cc(Cl)ccc2Cl)[nH]c(=O)c1Cc1ccccc1. The third kappa shape index (κ3) is 5.38. The van der Waals surface area contributed by atoms with Gasteiger partial charge in [0.05, 0.1) is 16.5 Å². The molecule has 3 rings (SSSR count). The van der Waals surface area contributed by atoms with Gasteiger partial charge in [-0.1, -0.05) is 65.3 Å². The van der Waals surface area contributed by atoms with Crippen molar-refractivity contribution in [3.05, 3.63) is 85.8 Å². The average Bonchev–Trinajstić information content (AvgIpc) is 2.67. The van der Waals surface area contributed by atoms with Crippen molar-refractivity contribution in [3.8, 4) is 0 Å². The predicted molar refractivity (Wildman–Crippen MR) is 115 cm³/mol. The van der Waals surface area contributed by atoms with Crippen molar-refractivity contribution in [1.29, 1.82) is 0 Å². The first-order valence-electron chi connectivity index (χ1n) is 8.44. The minimum atomic E-state index is -0.275. The molecule has 0 radical (unpaired) electrons. The number of H-pyrrole nitrogens is 1. The maximum absolute atomic E-state index is 12.4. The Morgan fingerprint density at radius 2 is 1.93 bits per heavy atom. The van der Waals surface area contributed by atoms with Gasteiger partial charge in [-0.15, -0.1) is 0 Å². The number of nitrogens with one attached hydrogen (secondary N) is 2. The molecule has 0 unspecified atom stereocenters. The van der Waals surface area contributed by atoms with Gasteiger partial charge in [-0.05, 0) is 30.7 Å². The molecule has 1 amide bonds. The van der Waals surface area contributed by atoms with Crippen LogP contribution in [0.25, 0.3) is 0 Å². The number of hydrogen-bond acceptors (Lipinski definition) is 4. The lowest BCUT2D eigenvalue weighted by Gasteiger charge is -2.09. The highest BCUT2D eigenvalue weighted by molar-refractivity contribution is 7.99. The Kier molecular flexibility index (Phi) is 6.78. The summed E-state index contributed by atoms with van der Waals surface area (Å²) in [5.41, 5.74) is 2.54. The lowest BCUT2D eigenvalue weighted by atomic mass is 10.1. The van der Waals surface area contributed by atoms with E-state index >= 15 is 0 Å². The number of aromatic amines is 1. The number of anilines is 1. The number of amides is 1. The number of hydrogen-bond donors (Lipinski definition) is 2. The number of aromatic nitrogens is 2. The number of thioether (sulfide) groups is 1. The van der Waals surface area contributed by atoms with Crippen LogP contribution in [0.5, 0.6) is 0 Å². The number of benzene rings is 2. The van der Waals surface area contributed by atoms with E-state index in [1.165, 1.54) is 0 Å². The van der Waals surface area contributed by atoms with Crippen LogP contribution in [0.1, 0.15) is 16.8 Å². The zero-order chi connectivity index (χ0) is 20.1. The maximum Gasteiger partial charge on any atom is 0.255 e. The topological polar surface area (TPSA) is 74.8 Å². The van der Waals surface area contributed by atoms with Crippen molar-refractivity contribution in [2.75, 3.05) is 11.1 Å². The molecule has 0 fully saturated rings. The molecule has 1 heterocycles. The van der Waals surface area contributed by atoms with Crippen LogP contribution in [0, 0.1) is 6.92 Å². The second-order valence-corrected chi connectivity index (χ2v) is 7.87. The van der Waals surface area contributed by atoms with E-state index in [4.69, 9.17) is 23.2 Å². The normalized spacial score (nSPS) is 10.7. The van der Waals surface area contributed by atoms with Gasteiger partial charge < -0.3 is 10.3 Å². The molecule has 8 heteroatoms. The highest BCUT2D eigenvalue weighted by atomic mass is 35.5. The number of halogens is 2. The molecule has 0 aliphatic carbocycles. The van der Waals surface area contributed by atoms with Crippen LogP contribution in [0.3, 0.4) is 0 Å². The fraction of sp³-hybridized carbons (Fsp3) is 0.150. The summed E-state index contributed by atoms with van der Waals surface area (Å²) in [6.07, 6.45) is 0.508. The van der Waals surface area contributed by atoms with Gasteiger partial charge in [-0.25, -0.2) is 4.98 Å². The summed E-state index contributed by atoms with van der Waals surface area (Å²) in [6, 6.07) is 14.6. The molecule has 0 spiro atoms. The second-order valence-electron chi connectivity index (χ2n) is 6.06. The van der Waals surface area contributed by atoms with E-state index in [0.717, 1.165) is 17.3 Å². The molecule has 0 aliphatic heterocycles. The molecule has 3 aromatic rings. The van der Waals surface area contributed by atoms with Crippen molar-refractivity contribution in [1.82, 2.24) is 9.97 Å². The minimum Gasteiger partial charge on any atom is -0.324 e.